The van der Waals surface area contributed by atoms with Crippen molar-refractivity contribution in [2.75, 3.05) is 24.6 Å². The van der Waals surface area contributed by atoms with E-state index in [1.807, 2.05) is 6.92 Å². The summed E-state index contributed by atoms with van der Waals surface area (Å²) >= 11 is 0. The molecule has 0 radical (unpaired) electrons. The third kappa shape index (κ3) is 4.43. The van der Waals surface area contributed by atoms with Gasteiger partial charge >= 0.3 is 0 Å². The molecule has 1 amide bonds. The monoisotopic (exact) mass is 289 g/mol. The SMILES string of the molecule is CC1CS(=O)(=O)CCN1CCC(NC1CC1)C(N)=O. The number of nitrogens with zero attached hydrogens (tertiary/aromatic N) is 1. The molecule has 2 fully saturated rings. The highest BCUT2D eigenvalue weighted by Gasteiger charge is 2.30. The number of carbonyl (C=O) groups is 1. The number of sulfone groups is 1. The van der Waals surface area contributed by atoms with Crippen molar-refractivity contribution in [2.45, 2.75) is 44.3 Å². The van der Waals surface area contributed by atoms with Gasteiger partial charge in [0.25, 0.3) is 0 Å². The van der Waals surface area contributed by atoms with Gasteiger partial charge in [-0.1, -0.05) is 0 Å². The van der Waals surface area contributed by atoms with Crippen LogP contribution in [0.2, 0.25) is 0 Å². The van der Waals surface area contributed by atoms with Crippen LogP contribution in [-0.2, 0) is 14.6 Å². The summed E-state index contributed by atoms with van der Waals surface area (Å²) in [6, 6.07) is 0.170. The molecule has 1 saturated carbocycles. The molecule has 1 aliphatic heterocycles. The van der Waals surface area contributed by atoms with Crippen LogP contribution < -0.4 is 11.1 Å². The van der Waals surface area contributed by atoms with Gasteiger partial charge in [-0.3, -0.25) is 9.69 Å². The molecule has 1 saturated heterocycles. The van der Waals surface area contributed by atoms with Gasteiger partial charge in [-0.15, -0.1) is 0 Å². The summed E-state index contributed by atoms with van der Waals surface area (Å²) in [4.78, 5) is 13.5. The van der Waals surface area contributed by atoms with Crippen LogP contribution in [0.15, 0.2) is 0 Å². The van der Waals surface area contributed by atoms with E-state index in [-0.39, 0.29) is 29.5 Å². The average Bonchev–Trinajstić information content (AvgIpc) is 3.08. The second-order valence-electron chi connectivity index (χ2n) is 5.68. The minimum atomic E-state index is -2.88. The van der Waals surface area contributed by atoms with E-state index in [1.165, 1.54) is 0 Å². The van der Waals surface area contributed by atoms with Crippen LogP contribution in [0.4, 0.5) is 0 Å². The van der Waals surface area contributed by atoms with E-state index in [0.717, 1.165) is 12.8 Å². The van der Waals surface area contributed by atoms with Gasteiger partial charge < -0.3 is 11.1 Å². The predicted molar refractivity (Wildman–Crippen MR) is 73.4 cm³/mol. The number of primary amides is 1. The number of carbonyl (C=O) groups excluding carboxylic acids is 1. The molecule has 6 nitrogen and oxygen atoms in total. The third-order valence-corrected chi connectivity index (χ3v) is 5.67. The minimum Gasteiger partial charge on any atom is -0.368 e. The van der Waals surface area contributed by atoms with Crippen molar-refractivity contribution >= 4 is 15.7 Å². The third-order valence-electron chi connectivity index (χ3n) is 3.87. The van der Waals surface area contributed by atoms with E-state index in [4.69, 9.17) is 5.73 Å². The number of amides is 1. The Balaban J connectivity index is 1.81. The van der Waals surface area contributed by atoms with Crippen LogP contribution in [0, 0.1) is 0 Å². The fraction of sp³-hybridized carbons (Fsp3) is 0.917. The normalized spacial score (nSPS) is 29.0. The van der Waals surface area contributed by atoms with Crippen LogP contribution in [0.3, 0.4) is 0 Å². The van der Waals surface area contributed by atoms with Crippen LogP contribution in [-0.4, -0.2) is 61.9 Å². The summed E-state index contributed by atoms with van der Waals surface area (Å²) in [6.07, 6.45) is 2.88. The van der Waals surface area contributed by atoms with E-state index in [1.54, 1.807) is 0 Å². The van der Waals surface area contributed by atoms with Crippen LogP contribution >= 0.6 is 0 Å². The Kier molecular flexibility index (Phi) is 4.47. The van der Waals surface area contributed by atoms with Crippen molar-refractivity contribution in [1.29, 1.82) is 0 Å². The molecular formula is C12H23N3O3S. The van der Waals surface area contributed by atoms with Crippen molar-refractivity contribution in [1.82, 2.24) is 10.2 Å². The highest BCUT2D eigenvalue weighted by atomic mass is 32.2. The van der Waals surface area contributed by atoms with Crippen molar-refractivity contribution in [2.24, 2.45) is 5.73 Å². The number of hydrogen-bond donors (Lipinski definition) is 2. The van der Waals surface area contributed by atoms with Gasteiger partial charge in [0, 0.05) is 25.2 Å². The lowest BCUT2D eigenvalue weighted by Crippen LogP contribution is -2.50. The quantitative estimate of drug-likeness (QED) is 0.661. The maximum absolute atomic E-state index is 11.5. The molecule has 0 spiro atoms. The van der Waals surface area contributed by atoms with Crippen LogP contribution in [0.1, 0.15) is 26.2 Å². The first-order valence-corrected chi connectivity index (χ1v) is 8.69. The molecule has 19 heavy (non-hydrogen) atoms. The largest absolute Gasteiger partial charge is 0.368 e. The molecular weight excluding hydrogens is 266 g/mol. The van der Waals surface area contributed by atoms with Gasteiger partial charge in [-0.25, -0.2) is 8.42 Å². The lowest BCUT2D eigenvalue weighted by molar-refractivity contribution is -0.120. The van der Waals surface area contributed by atoms with Gasteiger partial charge in [0.2, 0.25) is 5.91 Å². The molecule has 1 aliphatic carbocycles. The fourth-order valence-electron chi connectivity index (χ4n) is 2.50. The van der Waals surface area contributed by atoms with Crippen molar-refractivity contribution < 1.29 is 13.2 Å². The Bertz CT molecular complexity index is 434. The van der Waals surface area contributed by atoms with Gasteiger partial charge in [0.1, 0.15) is 0 Å². The molecule has 0 aromatic carbocycles. The smallest absolute Gasteiger partial charge is 0.234 e. The molecule has 0 aromatic rings. The first-order chi connectivity index (χ1) is 8.87. The van der Waals surface area contributed by atoms with Crippen LogP contribution in [0.5, 0.6) is 0 Å². The minimum absolute atomic E-state index is 0.0215. The summed E-state index contributed by atoms with van der Waals surface area (Å²) in [6.45, 7) is 3.19. The second-order valence-corrected chi connectivity index (χ2v) is 7.91. The number of nitrogens with one attached hydrogen (secondary N) is 1. The first-order valence-electron chi connectivity index (χ1n) is 6.87. The maximum atomic E-state index is 11.5. The number of nitrogens with two attached hydrogens (primary N) is 1. The topological polar surface area (TPSA) is 92.5 Å². The summed E-state index contributed by atoms with van der Waals surface area (Å²) in [5.74, 6) is 0.114. The Labute approximate surface area is 114 Å². The Morgan fingerprint density at radius 2 is 2.16 bits per heavy atom. The molecule has 2 aliphatic rings. The molecule has 0 bridgehead atoms. The van der Waals surface area contributed by atoms with E-state index in [2.05, 4.69) is 10.2 Å². The first kappa shape index (κ1) is 14.7. The standard InChI is InChI=1S/C12H23N3O3S/c1-9-8-19(17,18)7-6-15(9)5-4-11(12(13)16)14-10-2-3-10/h9-11,14H,2-8H2,1H3,(H2,13,16). The maximum Gasteiger partial charge on any atom is 0.234 e. The van der Waals surface area contributed by atoms with E-state index in [9.17, 15) is 13.2 Å². The molecule has 2 atom stereocenters. The van der Waals surface area contributed by atoms with Crippen LogP contribution in [0.25, 0.3) is 0 Å². The summed E-state index contributed by atoms with van der Waals surface area (Å²) in [5, 5.41) is 3.24. The molecule has 0 aromatic heterocycles. The van der Waals surface area contributed by atoms with Crippen molar-refractivity contribution in [3.05, 3.63) is 0 Å². The lowest BCUT2D eigenvalue weighted by Gasteiger charge is -2.33. The van der Waals surface area contributed by atoms with Crippen molar-refractivity contribution in [3.8, 4) is 0 Å². The van der Waals surface area contributed by atoms with E-state index < -0.39 is 9.84 Å². The fourth-order valence-corrected chi connectivity index (χ4v) is 4.13. The highest BCUT2D eigenvalue weighted by molar-refractivity contribution is 7.91. The Morgan fingerprint density at radius 3 is 2.68 bits per heavy atom. The number of hydrogen-bond acceptors (Lipinski definition) is 5. The molecule has 2 unspecified atom stereocenters. The average molecular weight is 289 g/mol. The van der Waals surface area contributed by atoms with Gasteiger partial charge in [0.15, 0.2) is 9.84 Å². The number of rotatable bonds is 6. The van der Waals surface area contributed by atoms with E-state index in [0.29, 0.717) is 25.6 Å². The molecule has 3 N–H and O–H groups in total. The predicted octanol–water partition coefficient (Wildman–Crippen LogP) is -0.899. The molecule has 110 valence electrons. The highest BCUT2D eigenvalue weighted by Crippen LogP contribution is 2.20. The summed E-state index contributed by atoms with van der Waals surface area (Å²) in [7, 11) is -2.88. The second kappa shape index (κ2) is 5.76. The Morgan fingerprint density at radius 1 is 1.47 bits per heavy atom. The summed E-state index contributed by atoms with van der Waals surface area (Å²) < 4.78 is 23.0. The zero-order valence-electron chi connectivity index (χ0n) is 11.3. The van der Waals surface area contributed by atoms with Gasteiger partial charge in [-0.05, 0) is 26.2 Å². The van der Waals surface area contributed by atoms with E-state index >= 15 is 0 Å². The lowest BCUT2D eigenvalue weighted by atomic mass is 10.1. The molecule has 1 heterocycles. The van der Waals surface area contributed by atoms with Gasteiger partial charge in [0.05, 0.1) is 17.5 Å². The van der Waals surface area contributed by atoms with Crippen molar-refractivity contribution in [3.63, 3.8) is 0 Å². The molecule has 7 heteroatoms. The zero-order chi connectivity index (χ0) is 14.0. The zero-order valence-corrected chi connectivity index (χ0v) is 12.2. The van der Waals surface area contributed by atoms with Gasteiger partial charge in [-0.2, -0.15) is 0 Å². The molecule has 2 rings (SSSR count). The Hall–Kier alpha value is -0.660. The summed E-state index contributed by atoms with van der Waals surface area (Å²) in [5.41, 5.74) is 5.39.